The molecule has 6 heterocycles. The summed E-state index contributed by atoms with van der Waals surface area (Å²) in [5.74, 6) is -4.23. The molecule has 6 rings (SSSR count). The number of carboxylic acids is 1. The van der Waals surface area contributed by atoms with Gasteiger partial charge in [0.25, 0.3) is 0 Å². The third-order valence-electron chi connectivity index (χ3n) is 31.0. The number of aliphatic carboxylic acids is 1. The van der Waals surface area contributed by atoms with Crippen LogP contribution in [0.5, 0.6) is 0 Å². The summed E-state index contributed by atoms with van der Waals surface area (Å²) in [5, 5.41) is 149. The highest BCUT2D eigenvalue weighted by Gasteiger charge is 2.84. The summed E-state index contributed by atoms with van der Waals surface area (Å²) in [6.07, 6.45) is -2.99. The Morgan fingerprint density at radius 3 is 1.10 bits per heavy atom. The molecule has 25 atom stereocenters. The Labute approximate surface area is 589 Å². The highest BCUT2D eigenvalue weighted by Crippen LogP contribution is 2.67. The van der Waals surface area contributed by atoms with Gasteiger partial charge < -0.3 is 123 Å². The van der Waals surface area contributed by atoms with Crippen LogP contribution in [0.2, 0.25) is 0 Å². The van der Waals surface area contributed by atoms with Crippen molar-refractivity contribution in [3.8, 4) is 0 Å². The highest BCUT2D eigenvalue weighted by atomic mass is 16.8. The average molecular weight is 1430 g/mol. The first-order valence-electron chi connectivity index (χ1n) is 34.9. The summed E-state index contributed by atoms with van der Waals surface area (Å²) in [6.45, 7) is 47.2. The summed E-state index contributed by atoms with van der Waals surface area (Å²) in [4.78, 5) is 13.7. The fraction of sp³-hybridized carbons (Fsp3) is 0.986. The minimum atomic E-state index is -2.63. The van der Waals surface area contributed by atoms with Gasteiger partial charge in [-0.15, -0.1) is 0 Å². The zero-order valence-corrected chi connectivity index (χ0v) is 66.6. The third-order valence-corrected chi connectivity index (χ3v) is 31.0. The van der Waals surface area contributed by atoms with Crippen LogP contribution >= 0.6 is 0 Å². The Balaban J connectivity index is 1.41. The van der Waals surface area contributed by atoms with E-state index < -0.39 is 202 Å². The molecule has 6 fully saturated rings. The first-order chi connectivity index (χ1) is 43.5. The van der Waals surface area contributed by atoms with Crippen LogP contribution in [0.3, 0.4) is 0 Å². The molecule has 0 amide bonds. The molecule has 12 N–H and O–H groups in total. The number of aliphatic hydroxyl groups is 11. The van der Waals surface area contributed by atoms with Crippen LogP contribution in [0, 0.1) is 21.7 Å². The number of rotatable bonds is 22. The van der Waals surface area contributed by atoms with Crippen molar-refractivity contribution in [1.82, 2.24) is 0 Å². The Kier molecular flexibility index (Phi) is 21.0. The van der Waals surface area contributed by atoms with Gasteiger partial charge in [0.15, 0.2) is 17.7 Å². The lowest BCUT2D eigenvalue weighted by Gasteiger charge is -2.72. The molecule has 0 aromatic rings. The van der Waals surface area contributed by atoms with Gasteiger partial charge >= 0.3 is 5.97 Å². The van der Waals surface area contributed by atoms with Crippen molar-refractivity contribution in [3.63, 3.8) is 0 Å². The Morgan fingerprint density at radius 2 is 0.737 bits per heavy atom. The maximum Gasteiger partial charge on any atom is 0.338 e. The molecule has 6 saturated heterocycles. The van der Waals surface area contributed by atoms with Crippen molar-refractivity contribution in [2.75, 3.05) is 67.1 Å². The molecule has 0 aromatic carbocycles. The fourth-order valence-electron chi connectivity index (χ4n) is 18.5. The zero-order chi connectivity index (χ0) is 77.8. The molecule has 6 aliphatic rings. The lowest BCUT2D eigenvalue weighted by atomic mass is 9.52. The molecule has 0 aliphatic carbocycles. The van der Waals surface area contributed by atoms with Crippen molar-refractivity contribution in [2.24, 2.45) is 21.7 Å². The van der Waals surface area contributed by atoms with Gasteiger partial charge in [0, 0.05) is 14.2 Å². The number of aliphatic hydroxyl groups excluding tert-OH is 2. The predicted octanol–water partition coefficient (Wildman–Crippen LogP) is 5.16. The van der Waals surface area contributed by atoms with Gasteiger partial charge in [-0.3, -0.25) is 0 Å². The number of carboxylic acid groups (broad SMARTS) is 1. The van der Waals surface area contributed by atoms with E-state index in [0.717, 1.165) is 0 Å². The van der Waals surface area contributed by atoms with E-state index in [9.17, 15) is 66.1 Å². The molecule has 0 radical (unpaired) electrons. The number of ether oxygens (including phenoxy) is 13. The van der Waals surface area contributed by atoms with E-state index in [0.29, 0.717) is 6.42 Å². The van der Waals surface area contributed by atoms with Gasteiger partial charge in [-0.1, -0.05) is 34.6 Å². The summed E-state index contributed by atoms with van der Waals surface area (Å²) in [5.41, 5.74) is -48.0. The fourth-order valence-corrected chi connectivity index (χ4v) is 18.5. The Hall–Kier alpha value is -1.49. The predicted molar refractivity (Wildman–Crippen MR) is 363 cm³/mol. The Bertz CT molecular complexity index is 3010. The van der Waals surface area contributed by atoms with Crippen molar-refractivity contribution in [2.45, 2.75) is 369 Å². The molecule has 0 bridgehead atoms. The van der Waals surface area contributed by atoms with Gasteiger partial charge in [-0.2, -0.15) is 0 Å². The summed E-state index contributed by atoms with van der Waals surface area (Å²) in [7, 11) is 2.66. The van der Waals surface area contributed by atoms with Gasteiger partial charge in [0.2, 0.25) is 0 Å². The number of hydrogen-bond donors (Lipinski definition) is 12. The van der Waals surface area contributed by atoms with E-state index >= 15 is 0 Å². The first-order valence-corrected chi connectivity index (χ1v) is 34.9. The summed E-state index contributed by atoms with van der Waals surface area (Å²) in [6, 6.07) is 0. The quantitative estimate of drug-likeness (QED) is 0.0666. The molecule has 582 valence electrons. The van der Waals surface area contributed by atoms with E-state index in [1.807, 2.05) is 20.8 Å². The molecule has 6 unspecified atom stereocenters. The van der Waals surface area contributed by atoms with Gasteiger partial charge in [-0.05, 0) is 193 Å². The second-order valence-corrected chi connectivity index (χ2v) is 36.9. The van der Waals surface area contributed by atoms with Crippen molar-refractivity contribution in [1.29, 1.82) is 0 Å². The van der Waals surface area contributed by atoms with Gasteiger partial charge in [-0.25, -0.2) is 4.79 Å². The van der Waals surface area contributed by atoms with Crippen LogP contribution in [0.1, 0.15) is 228 Å². The maximum absolute atomic E-state index is 14.1. The first kappa shape index (κ1) is 86.4. The minimum absolute atomic E-state index is 0.0151. The maximum atomic E-state index is 14.1. The molecule has 0 saturated carbocycles. The van der Waals surface area contributed by atoms with E-state index in [1.165, 1.54) is 104 Å². The minimum Gasteiger partial charge on any atom is -0.479 e. The van der Waals surface area contributed by atoms with E-state index in [-0.39, 0.29) is 19.8 Å². The standard InChI is InChI=1S/C73H134O26/c1-35-55(14)67(26,84)70(29,93-45-44(75)60(19,78)56(15,36-74)92-45)54(13,50(8,9)94-55)40-91-42-58(17)66(25,83)63(22,80)52(11,48(4,5)96-58)38-90-43-59(18)71(30,99-73(32)69(28,86)68(27,85)72(31,88-34)61(20,98-73)46(76)77)64(23,81)53(12,49(6,7)97-59)39-89-41-57(16)65(24,82)62(21,79)51(10,37-87-33)47(2,3)95-57/h44-45,74-75,78-86H,35-43H2,1-34H3,(H,76,77)/t44?,45-,51+,52+,53+,54+,55-,56-,57-,58-,59-,60-,61+,62+,63+,64+,65?,66?,67?,68-,69?,70+,71?,72+,73-/m0/s1. The smallest absolute Gasteiger partial charge is 0.338 e. The SMILES string of the molecule is CC[C@]1(C)OC(C)(C)[C@@](C)(COC[C@]2(C)OC(C)(C)[C@@](C)(COC[C@]3(C)OC(C)(C)[C@@](C)(COC[C@]4(C)OC(C)(C)[C@@](C)(COC)[C@@](C)(O)C4(C)O)[C@@](C)(O)C3(C)O[C@]3(C)O[C@](C)(C(=O)O)[C@@](C)(OC)[C@@](C)(O)C3(C)O)[C@@](C)(O)C2(C)O)[C@@](C)(O[C@@H]2O[C@@](C)(CO)[C@@](C)(O)C2O)C1(C)O. The van der Waals surface area contributed by atoms with E-state index in [4.69, 9.17) is 61.6 Å². The molecule has 26 heteroatoms. The number of methoxy groups -OCH3 is 2. The molecule has 0 spiro atoms. The van der Waals surface area contributed by atoms with E-state index in [1.54, 1.807) is 111 Å². The second kappa shape index (κ2) is 24.0. The molecule has 26 nitrogen and oxygen atoms in total. The van der Waals surface area contributed by atoms with Crippen LogP contribution in [0.15, 0.2) is 0 Å². The molecule has 6 aliphatic heterocycles. The van der Waals surface area contributed by atoms with Gasteiger partial charge in [0.1, 0.15) is 95.7 Å². The molecular formula is C73H134O26. The number of carbonyl (C=O) groups is 1. The van der Waals surface area contributed by atoms with Crippen molar-refractivity contribution < 1.29 is 128 Å². The molecule has 0 aromatic heterocycles. The Morgan fingerprint density at radius 1 is 0.384 bits per heavy atom. The monoisotopic (exact) mass is 1430 g/mol. The third kappa shape index (κ3) is 10.5. The van der Waals surface area contributed by atoms with Crippen LogP contribution in [0.4, 0.5) is 0 Å². The van der Waals surface area contributed by atoms with Crippen LogP contribution in [-0.2, 0) is 66.4 Å². The zero-order valence-electron chi connectivity index (χ0n) is 66.6. The second-order valence-electron chi connectivity index (χ2n) is 36.9. The topological polar surface area (TPSA) is 380 Å². The summed E-state index contributed by atoms with van der Waals surface area (Å²) < 4.78 is 86.7. The normalized spacial score (nSPS) is 55.6. The largest absolute Gasteiger partial charge is 0.479 e. The summed E-state index contributed by atoms with van der Waals surface area (Å²) >= 11 is 0. The van der Waals surface area contributed by atoms with Crippen LogP contribution < -0.4 is 0 Å². The van der Waals surface area contributed by atoms with Crippen molar-refractivity contribution >= 4 is 5.97 Å². The number of hydrogen-bond acceptors (Lipinski definition) is 25. The molecular weight excluding hydrogens is 1290 g/mol. The van der Waals surface area contributed by atoms with Gasteiger partial charge in [0.05, 0.1) is 103 Å². The van der Waals surface area contributed by atoms with E-state index in [2.05, 4.69) is 0 Å². The lowest BCUT2D eigenvalue weighted by Crippen LogP contribution is -2.89. The lowest BCUT2D eigenvalue weighted by molar-refractivity contribution is -0.499. The molecule has 99 heavy (non-hydrogen) atoms. The van der Waals surface area contributed by atoms with Crippen LogP contribution in [0.25, 0.3) is 0 Å². The highest BCUT2D eigenvalue weighted by molar-refractivity contribution is 5.80. The van der Waals surface area contributed by atoms with Crippen LogP contribution in [-0.4, -0.2) is 276 Å². The average Bonchev–Trinajstić information content (AvgIpc) is 0.833. The van der Waals surface area contributed by atoms with Crippen molar-refractivity contribution in [3.05, 3.63) is 0 Å².